The minimum Gasteiger partial charge on any atom is -0.460 e. The Bertz CT molecular complexity index is 2270. The summed E-state index contributed by atoms with van der Waals surface area (Å²) in [5.41, 5.74) is 3.92. The van der Waals surface area contributed by atoms with Gasteiger partial charge in [-0.25, -0.2) is 9.36 Å². The Labute approximate surface area is 345 Å². The number of carbonyl (C=O) groups excluding carboxylic acids is 3. The summed E-state index contributed by atoms with van der Waals surface area (Å²) in [6.07, 6.45) is 0. The number of Topliss-reactive ketones (excluding diaryl/α,β-unsaturated/α-hetero) is 1. The van der Waals surface area contributed by atoms with Crippen molar-refractivity contribution in [2.45, 2.75) is 26.2 Å². The van der Waals surface area contributed by atoms with Crippen LogP contribution < -0.4 is 20.1 Å². The molecule has 14 heteroatoms. The number of ketones is 1. The molecule has 0 aliphatic carbocycles. The van der Waals surface area contributed by atoms with E-state index in [1.165, 1.54) is 13.0 Å². The molecule has 59 heavy (non-hydrogen) atoms. The van der Waals surface area contributed by atoms with Crippen molar-refractivity contribution in [2.75, 3.05) is 65.2 Å². The van der Waals surface area contributed by atoms with Crippen molar-refractivity contribution in [1.29, 1.82) is 0 Å². The summed E-state index contributed by atoms with van der Waals surface area (Å²) in [5.74, 6) is 1.40. The van der Waals surface area contributed by atoms with E-state index in [1.807, 2.05) is 69.7 Å². The average molecular weight is 825 g/mol. The number of benzene rings is 5. The molecule has 310 valence electrons. The molecule has 13 nitrogen and oxygen atoms in total. The standard InChI is InChI=1S/C45H50N3O10P/c1-31(49)32-8-16-39(17-9-32)57-41-20-12-35(13-21-41)45(2,3)36-14-22-42(23-15-36)58-40-18-10-33(11-19-40)43(50)47-38-29-34(28-37(30-38)46-4)44(51)54-26-27-56-59(52,53)55-25-24-48(5,6)7/h8-23,28-30,46H,24-27H2,1-7H3,(H-,47,50,52,53)/p+1. The predicted molar refractivity (Wildman–Crippen MR) is 227 cm³/mol. The number of anilines is 2. The van der Waals surface area contributed by atoms with Gasteiger partial charge in [-0.3, -0.25) is 18.6 Å². The maximum absolute atomic E-state index is 13.2. The lowest BCUT2D eigenvalue weighted by atomic mass is 9.78. The van der Waals surface area contributed by atoms with Gasteiger partial charge in [-0.05, 0) is 109 Å². The zero-order chi connectivity index (χ0) is 42.8. The van der Waals surface area contributed by atoms with Crippen LogP contribution in [0.1, 0.15) is 63.0 Å². The van der Waals surface area contributed by atoms with Crippen LogP contribution in [0.5, 0.6) is 23.0 Å². The number of ether oxygens (including phenoxy) is 3. The number of amides is 1. The third-order valence-electron chi connectivity index (χ3n) is 9.30. The van der Waals surface area contributed by atoms with Gasteiger partial charge in [-0.2, -0.15) is 0 Å². The number of hydrogen-bond acceptors (Lipinski definition) is 10. The summed E-state index contributed by atoms with van der Waals surface area (Å²) in [5, 5.41) is 5.77. The van der Waals surface area contributed by atoms with Crippen molar-refractivity contribution in [3.05, 3.63) is 143 Å². The Morgan fingerprint density at radius 3 is 1.58 bits per heavy atom. The monoisotopic (exact) mass is 824 g/mol. The Balaban J connectivity index is 1.13. The maximum atomic E-state index is 13.2. The topological polar surface area (TPSA) is 159 Å². The Morgan fingerprint density at radius 2 is 1.10 bits per heavy atom. The number of rotatable bonds is 19. The molecule has 3 N–H and O–H groups in total. The largest absolute Gasteiger partial charge is 0.472 e. The van der Waals surface area contributed by atoms with E-state index in [0.29, 0.717) is 56.5 Å². The van der Waals surface area contributed by atoms with E-state index in [9.17, 15) is 23.8 Å². The quantitative estimate of drug-likeness (QED) is 0.0240. The van der Waals surface area contributed by atoms with E-state index in [1.54, 1.807) is 67.7 Å². The second-order valence-corrected chi connectivity index (χ2v) is 16.7. The number of nitrogens with zero attached hydrogens (tertiary/aromatic N) is 1. The number of hydrogen-bond donors (Lipinski definition) is 3. The first-order valence-electron chi connectivity index (χ1n) is 18.9. The Hall–Kier alpha value is -5.82. The molecule has 1 atom stereocenters. The predicted octanol–water partition coefficient (Wildman–Crippen LogP) is 9.09. The van der Waals surface area contributed by atoms with E-state index in [2.05, 4.69) is 24.5 Å². The summed E-state index contributed by atoms with van der Waals surface area (Å²) in [7, 11) is 3.13. The van der Waals surface area contributed by atoms with Crippen molar-refractivity contribution >= 4 is 36.9 Å². The highest BCUT2D eigenvalue weighted by atomic mass is 31.2. The number of phosphoric acid groups is 1. The van der Waals surface area contributed by atoms with Crippen molar-refractivity contribution in [3.8, 4) is 23.0 Å². The lowest BCUT2D eigenvalue weighted by Crippen LogP contribution is -2.37. The molecule has 1 amide bonds. The van der Waals surface area contributed by atoms with E-state index < -0.39 is 19.7 Å². The fourth-order valence-electron chi connectivity index (χ4n) is 5.75. The van der Waals surface area contributed by atoms with Gasteiger partial charge in [0.1, 0.15) is 42.8 Å². The van der Waals surface area contributed by atoms with Crippen LogP contribution >= 0.6 is 7.82 Å². The highest BCUT2D eigenvalue weighted by Crippen LogP contribution is 2.43. The van der Waals surface area contributed by atoms with Crippen molar-refractivity contribution < 1.29 is 51.6 Å². The van der Waals surface area contributed by atoms with Crippen molar-refractivity contribution in [3.63, 3.8) is 0 Å². The second-order valence-electron chi connectivity index (χ2n) is 15.3. The van der Waals surface area contributed by atoms with E-state index in [0.717, 1.165) is 11.1 Å². The SMILES string of the molecule is CNc1cc(NC(=O)c2ccc(Oc3ccc(C(C)(C)c4ccc(Oc5ccc(C(C)=O)cc5)cc4)cc3)cc2)cc(C(=O)OCCOP(=O)(O)OCC[N+](C)(C)C)c1. The van der Waals surface area contributed by atoms with Crippen LogP contribution in [0.3, 0.4) is 0 Å². The number of likely N-dealkylation sites (N-methyl/N-ethyl adjacent to an activating group) is 1. The van der Waals surface area contributed by atoms with Crippen molar-refractivity contribution in [1.82, 2.24) is 0 Å². The van der Waals surface area contributed by atoms with Crippen LogP contribution in [0, 0.1) is 0 Å². The normalized spacial score (nSPS) is 12.5. The molecule has 0 spiro atoms. The molecule has 5 aromatic carbocycles. The highest BCUT2D eigenvalue weighted by molar-refractivity contribution is 7.47. The molecule has 0 radical (unpaired) electrons. The molecular formula is C45H51N3O10P+. The van der Waals surface area contributed by atoms with Gasteiger partial charge in [0.2, 0.25) is 0 Å². The number of phosphoric ester groups is 1. The minimum absolute atomic E-state index is 0.00688. The molecule has 0 fully saturated rings. The second kappa shape index (κ2) is 19.3. The molecular weight excluding hydrogens is 773 g/mol. The van der Waals surface area contributed by atoms with Crippen LogP contribution in [0.4, 0.5) is 11.4 Å². The van der Waals surface area contributed by atoms with Gasteiger partial charge >= 0.3 is 13.8 Å². The summed E-state index contributed by atoms with van der Waals surface area (Å²) in [4.78, 5) is 47.5. The summed E-state index contributed by atoms with van der Waals surface area (Å²) < 4.78 is 39.8. The molecule has 0 heterocycles. The highest BCUT2D eigenvalue weighted by Gasteiger charge is 2.24. The smallest absolute Gasteiger partial charge is 0.460 e. The fraction of sp³-hybridized carbons (Fsp3) is 0.267. The Morgan fingerprint density at radius 1 is 0.644 bits per heavy atom. The average Bonchev–Trinajstić information content (AvgIpc) is 3.19. The van der Waals surface area contributed by atoms with Gasteiger partial charge in [0.15, 0.2) is 5.78 Å². The lowest BCUT2D eigenvalue weighted by Gasteiger charge is -2.26. The molecule has 5 rings (SSSR count). The maximum Gasteiger partial charge on any atom is 0.472 e. The number of esters is 1. The number of carbonyl (C=O) groups is 3. The lowest BCUT2D eigenvalue weighted by molar-refractivity contribution is -0.870. The van der Waals surface area contributed by atoms with Gasteiger partial charge in [0, 0.05) is 35.0 Å². The first kappa shape index (κ1) is 44.3. The van der Waals surface area contributed by atoms with Crippen LogP contribution in [-0.2, 0) is 23.8 Å². The summed E-state index contributed by atoms with van der Waals surface area (Å²) in [6, 6.07) is 34.2. The van der Waals surface area contributed by atoms with Crippen LogP contribution in [0.2, 0.25) is 0 Å². The molecule has 1 unspecified atom stereocenters. The molecule has 0 aliphatic rings. The molecule has 5 aromatic rings. The summed E-state index contributed by atoms with van der Waals surface area (Å²) in [6.45, 7) is 5.70. The molecule has 0 bridgehead atoms. The molecule has 0 aliphatic heterocycles. The zero-order valence-corrected chi connectivity index (χ0v) is 35.2. The van der Waals surface area contributed by atoms with E-state index >= 15 is 0 Å². The molecule has 0 aromatic heterocycles. The zero-order valence-electron chi connectivity index (χ0n) is 34.3. The van der Waals surface area contributed by atoms with Gasteiger partial charge in [-0.1, -0.05) is 38.1 Å². The van der Waals surface area contributed by atoms with Crippen molar-refractivity contribution in [2.24, 2.45) is 0 Å². The fourth-order valence-corrected chi connectivity index (χ4v) is 6.45. The first-order chi connectivity index (χ1) is 27.9. The third-order valence-corrected chi connectivity index (χ3v) is 10.3. The third kappa shape index (κ3) is 13.1. The number of nitrogens with one attached hydrogen (secondary N) is 2. The van der Waals surface area contributed by atoms with E-state index in [-0.39, 0.29) is 36.6 Å². The minimum atomic E-state index is -4.30. The van der Waals surface area contributed by atoms with Crippen LogP contribution in [-0.4, -0.2) is 81.6 Å². The molecule has 0 saturated carbocycles. The van der Waals surface area contributed by atoms with Gasteiger partial charge in [0.05, 0.1) is 33.3 Å². The molecule has 0 saturated heterocycles. The number of quaternary nitrogens is 1. The van der Waals surface area contributed by atoms with Gasteiger partial charge in [-0.15, -0.1) is 0 Å². The first-order valence-corrected chi connectivity index (χ1v) is 20.4. The van der Waals surface area contributed by atoms with Gasteiger partial charge in [0.25, 0.3) is 5.91 Å². The van der Waals surface area contributed by atoms with E-state index in [4.69, 9.17) is 23.3 Å². The van der Waals surface area contributed by atoms with Crippen LogP contribution in [0.25, 0.3) is 0 Å². The van der Waals surface area contributed by atoms with Crippen LogP contribution in [0.15, 0.2) is 115 Å². The summed E-state index contributed by atoms with van der Waals surface area (Å²) >= 11 is 0. The van der Waals surface area contributed by atoms with Gasteiger partial charge < -0.3 is 34.2 Å². The Kier molecular flexibility index (Phi) is 14.5.